The fraction of sp³-hybridized carbons (Fsp3) is 0.143. The predicted molar refractivity (Wildman–Crippen MR) is 98.8 cm³/mol. The van der Waals surface area contributed by atoms with Gasteiger partial charge in [0.15, 0.2) is 11.5 Å². The quantitative estimate of drug-likeness (QED) is 0.537. The largest absolute Gasteiger partial charge is 0.461 e. The lowest BCUT2D eigenvalue weighted by atomic mass is 10.0. The monoisotopic (exact) mass is 346 g/mol. The van der Waals surface area contributed by atoms with Crippen LogP contribution in [0.25, 0.3) is 22.3 Å². The molecule has 0 atom stereocenters. The summed E-state index contributed by atoms with van der Waals surface area (Å²) in [5.41, 5.74) is 1.50. The van der Waals surface area contributed by atoms with E-state index in [2.05, 4.69) is 29.4 Å². The number of benzene rings is 2. The minimum Gasteiger partial charge on any atom is -0.461 e. The van der Waals surface area contributed by atoms with Gasteiger partial charge in [-0.2, -0.15) is 0 Å². The summed E-state index contributed by atoms with van der Waals surface area (Å²) in [6.07, 6.45) is 2.32. The number of hydrogen-bond acceptors (Lipinski definition) is 4. The van der Waals surface area contributed by atoms with Gasteiger partial charge in [-0.25, -0.2) is 0 Å². The van der Waals surface area contributed by atoms with Gasteiger partial charge in [-0.3, -0.25) is 4.79 Å². The number of hydrogen-bond donors (Lipinski definition) is 0. The summed E-state index contributed by atoms with van der Waals surface area (Å²) in [5.74, 6) is 0.822. The molecular weight excluding hydrogens is 328 g/mol. The van der Waals surface area contributed by atoms with E-state index in [0.29, 0.717) is 18.1 Å². The number of amides is 1. The molecule has 4 aromatic rings. The second kappa shape index (κ2) is 6.88. The Morgan fingerprint density at radius 1 is 1.04 bits per heavy atom. The lowest BCUT2D eigenvalue weighted by molar-refractivity contribution is 0.0786. The molecule has 0 unspecified atom stereocenters. The highest BCUT2D eigenvalue weighted by Gasteiger charge is 2.18. The van der Waals surface area contributed by atoms with Crippen LogP contribution in [0.2, 0.25) is 0 Å². The van der Waals surface area contributed by atoms with Gasteiger partial charge >= 0.3 is 0 Å². The third-order valence-electron chi connectivity index (χ3n) is 4.44. The van der Waals surface area contributed by atoms with Crippen LogP contribution in [-0.2, 0) is 6.42 Å². The molecular formula is C21H18N2O3. The zero-order valence-electron chi connectivity index (χ0n) is 14.4. The second-order valence-corrected chi connectivity index (χ2v) is 6.17. The fourth-order valence-corrected chi connectivity index (χ4v) is 3.01. The van der Waals surface area contributed by atoms with Crippen molar-refractivity contribution in [3.63, 3.8) is 0 Å². The highest BCUT2D eigenvalue weighted by molar-refractivity contribution is 5.93. The highest BCUT2D eigenvalue weighted by atomic mass is 16.5. The van der Waals surface area contributed by atoms with E-state index >= 15 is 0 Å². The van der Waals surface area contributed by atoms with E-state index in [1.54, 1.807) is 36.4 Å². The molecule has 0 N–H and O–H groups in total. The van der Waals surface area contributed by atoms with Crippen molar-refractivity contribution in [2.75, 3.05) is 13.6 Å². The van der Waals surface area contributed by atoms with Gasteiger partial charge in [0.2, 0.25) is 5.76 Å². The van der Waals surface area contributed by atoms with E-state index in [-0.39, 0.29) is 11.6 Å². The Bertz CT molecular complexity index is 1030. The number of carbonyl (C=O) groups is 1. The van der Waals surface area contributed by atoms with Gasteiger partial charge in [-0.05, 0) is 34.9 Å². The molecule has 2 aromatic carbocycles. The number of nitrogens with zero attached hydrogens (tertiary/aromatic N) is 2. The van der Waals surface area contributed by atoms with Crippen LogP contribution in [-0.4, -0.2) is 29.6 Å². The Labute approximate surface area is 150 Å². The molecule has 4 rings (SSSR count). The third-order valence-corrected chi connectivity index (χ3v) is 4.44. The maximum Gasteiger partial charge on any atom is 0.275 e. The molecule has 0 bridgehead atoms. The molecule has 26 heavy (non-hydrogen) atoms. The SMILES string of the molecule is CN(CCc1cccc2ccccc12)C(=O)c1cc(-c2ccco2)on1. The van der Waals surface area contributed by atoms with Gasteiger partial charge in [-0.15, -0.1) is 0 Å². The van der Waals surface area contributed by atoms with E-state index in [4.69, 9.17) is 8.94 Å². The van der Waals surface area contributed by atoms with Gasteiger partial charge < -0.3 is 13.8 Å². The minimum absolute atomic E-state index is 0.174. The zero-order chi connectivity index (χ0) is 17.9. The van der Waals surface area contributed by atoms with Crippen molar-refractivity contribution >= 4 is 16.7 Å². The van der Waals surface area contributed by atoms with Crippen LogP contribution in [0.15, 0.2) is 75.9 Å². The molecule has 1 amide bonds. The van der Waals surface area contributed by atoms with Crippen molar-refractivity contribution in [3.05, 3.63) is 78.2 Å². The number of fused-ring (bicyclic) bond motifs is 1. The molecule has 0 aliphatic heterocycles. The van der Waals surface area contributed by atoms with Crippen molar-refractivity contribution < 1.29 is 13.7 Å². The van der Waals surface area contributed by atoms with Crippen molar-refractivity contribution in [2.24, 2.45) is 0 Å². The van der Waals surface area contributed by atoms with Crippen LogP contribution in [0.4, 0.5) is 0 Å². The number of furan rings is 1. The Hall–Kier alpha value is -3.34. The fourth-order valence-electron chi connectivity index (χ4n) is 3.01. The molecule has 5 nitrogen and oxygen atoms in total. The van der Waals surface area contributed by atoms with E-state index in [1.807, 2.05) is 18.2 Å². The molecule has 0 fully saturated rings. The zero-order valence-corrected chi connectivity index (χ0v) is 14.4. The van der Waals surface area contributed by atoms with E-state index < -0.39 is 0 Å². The van der Waals surface area contributed by atoms with Crippen LogP contribution in [0, 0.1) is 0 Å². The third kappa shape index (κ3) is 3.11. The molecule has 2 heterocycles. The molecule has 0 saturated carbocycles. The summed E-state index contributed by atoms with van der Waals surface area (Å²) in [6, 6.07) is 19.6. The number of carbonyl (C=O) groups excluding carboxylic acids is 1. The van der Waals surface area contributed by atoms with Crippen LogP contribution < -0.4 is 0 Å². The van der Waals surface area contributed by atoms with Crippen molar-refractivity contribution in [2.45, 2.75) is 6.42 Å². The van der Waals surface area contributed by atoms with Crippen molar-refractivity contribution in [1.82, 2.24) is 10.1 Å². The molecule has 0 radical (unpaired) electrons. The number of aromatic nitrogens is 1. The molecule has 5 heteroatoms. The smallest absolute Gasteiger partial charge is 0.275 e. The highest BCUT2D eigenvalue weighted by Crippen LogP contribution is 2.22. The second-order valence-electron chi connectivity index (χ2n) is 6.17. The minimum atomic E-state index is -0.174. The molecule has 0 spiro atoms. The average molecular weight is 346 g/mol. The van der Waals surface area contributed by atoms with Crippen LogP contribution >= 0.6 is 0 Å². The van der Waals surface area contributed by atoms with Gasteiger partial charge in [0.25, 0.3) is 5.91 Å². The van der Waals surface area contributed by atoms with E-state index in [1.165, 1.54) is 16.3 Å². The van der Waals surface area contributed by atoms with E-state index in [0.717, 1.165) is 6.42 Å². The summed E-state index contributed by atoms with van der Waals surface area (Å²) >= 11 is 0. The summed E-state index contributed by atoms with van der Waals surface area (Å²) in [4.78, 5) is 14.2. The lowest BCUT2D eigenvalue weighted by Crippen LogP contribution is -2.29. The molecule has 0 aliphatic rings. The first-order valence-electron chi connectivity index (χ1n) is 8.45. The van der Waals surface area contributed by atoms with Crippen molar-refractivity contribution in [3.8, 4) is 11.5 Å². The first-order chi connectivity index (χ1) is 12.7. The molecule has 130 valence electrons. The average Bonchev–Trinajstić information content (AvgIpc) is 3.36. The first-order valence-corrected chi connectivity index (χ1v) is 8.45. The predicted octanol–water partition coefficient (Wildman–Crippen LogP) is 4.40. The standard InChI is InChI=1S/C21H18N2O3/c1-23(12-11-16-8-4-7-15-6-2-3-9-17(15)16)21(24)18-14-20(26-22-18)19-10-5-13-25-19/h2-10,13-14H,11-12H2,1H3. The molecule has 0 saturated heterocycles. The van der Waals surface area contributed by atoms with Crippen molar-refractivity contribution in [1.29, 1.82) is 0 Å². The van der Waals surface area contributed by atoms with Crippen LogP contribution in [0.5, 0.6) is 0 Å². The summed E-state index contributed by atoms with van der Waals surface area (Å²) < 4.78 is 10.5. The normalized spacial score (nSPS) is 11.0. The van der Waals surface area contributed by atoms with Crippen LogP contribution in [0.1, 0.15) is 16.1 Å². The summed E-state index contributed by atoms with van der Waals surface area (Å²) in [7, 11) is 1.77. The summed E-state index contributed by atoms with van der Waals surface area (Å²) in [5, 5.41) is 6.30. The topological polar surface area (TPSA) is 59.5 Å². The van der Waals surface area contributed by atoms with Gasteiger partial charge in [0, 0.05) is 19.7 Å². The Morgan fingerprint density at radius 3 is 2.73 bits per heavy atom. The maximum absolute atomic E-state index is 12.6. The molecule has 0 aliphatic carbocycles. The van der Waals surface area contributed by atoms with Gasteiger partial charge in [0.1, 0.15) is 0 Å². The summed E-state index contributed by atoms with van der Waals surface area (Å²) in [6.45, 7) is 0.593. The Balaban J connectivity index is 1.46. The Morgan fingerprint density at radius 2 is 1.88 bits per heavy atom. The number of rotatable bonds is 5. The number of likely N-dealkylation sites (N-methyl/N-ethyl adjacent to an activating group) is 1. The Kier molecular flexibility index (Phi) is 4.27. The van der Waals surface area contributed by atoms with Crippen LogP contribution in [0.3, 0.4) is 0 Å². The van der Waals surface area contributed by atoms with E-state index in [9.17, 15) is 4.79 Å². The lowest BCUT2D eigenvalue weighted by Gasteiger charge is -2.16. The first kappa shape index (κ1) is 16.1. The van der Waals surface area contributed by atoms with Gasteiger partial charge in [-0.1, -0.05) is 47.6 Å². The maximum atomic E-state index is 12.6. The molecule has 2 aromatic heterocycles. The van der Waals surface area contributed by atoms with Gasteiger partial charge in [0.05, 0.1) is 6.26 Å².